The summed E-state index contributed by atoms with van der Waals surface area (Å²) in [6, 6.07) is 0. The number of hydrogen-bond donors (Lipinski definition) is 1. The zero-order chi connectivity index (χ0) is 15.1. The number of rotatable bonds is 4. The van der Waals surface area contributed by atoms with E-state index in [1.54, 1.807) is 0 Å². The molecule has 3 rings (SSSR count). The Balaban J connectivity index is 2.12. The molecule has 3 heterocycles. The van der Waals surface area contributed by atoms with E-state index in [0.717, 1.165) is 40.2 Å². The summed E-state index contributed by atoms with van der Waals surface area (Å²) in [5.41, 5.74) is 5.40. The van der Waals surface area contributed by atoms with Gasteiger partial charge in [-0.15, -0.1) is 0 Å². The van der Waals surface area contributed by atoms with Gasteiger partial charge in [-0.05, 0) is 25.6 Å². The Labute approximate surface area is 128 Å². The third-order valence-corrected chi connectivity index (χ3v) is 4.08. The molecule has 0 atom stereocenters. The Morgan fingerprint density at radius 3 is 2.67 bits per heavy atom. The van der Waals surface area contributed by atoms with E-state index in [4.69, 9.17) is 12.2 Å². The number of aromatic amines is 1. The molecule has 3 aromatic heterocycles. The molecule has 0 radical (unpaired) electrons. The van der Waals surface area contributed by atoms with Crippen LogP contribution in [0.1, 0.15) is 30.3 Å². The lowest BCUT2D eigenvalue weighted by Gasteiger charge is -2.03. The Kier molecular flexibility index (Phi) is 3.44. The van der Waals surface area contributed by atoms with Crippen LogP contribution in [-0.2, 0) is 27.1 Å². The highest BCUT2D eigenvalue weighted by molar-refractivity contribution is 7.71. The molecule has 21 heavy (non-hydrogen) atoms. The van der Waals surface area contributed by atoms with E-state index in [2.05, 4.69) is 26.7 Å². The van der Waals surface area contributed by atoms with E-state index < -0.39 is 0 Å². The molecule has 0 unspecified atom stereocenters. The maximum Gasteiger partial charge on any atom is 0.179 e. The summed E-state index contributed by atoms with van der Waals surface area (Å²) in [6.07, 6.45) is 4.07. The maximum atomic E-state index is 5.50. The highest BCUT2D eigenvalue weighted by atomic mass is 32.1. The van der Waals surface area contributed by atoms with Crippen molar-refractivity contribution in [3.05, 3.63) is 27.9 Å². The third kappa shape index (κ3) is 2.31. The summed E-state index contributed by atoms with van der Waals surface area (Å²) in [4.78, 5) is 3.32. The van der Waals surface area contributed by atoms with E-state index in [9.17, 15) is 0 Å². The predicted octanol–water partition coefficient (Wildman–Crippen LogP) is 2.48. The normalized spacial score (nSPS) is 11.6. The second kappa shape index (κ2) is 5.14. The van der Waals surface area contributed by atoms with Crippen molar-refractivity contribution in [2.75, 3.05) is 0 Å². The molecule has 1 N–H and O–H groups in total. The number of nitrogens with zero attached hydrogens (tertiary/aromatic N) is 5. The highest BCUT2D eigenvalue weighted by Crippen LogP contribution is 2.20. The summed E-state index contributed by atoms with van der Waals surface area (Å²) >= 11 is 5.50. The number of fused-ring (bicyclic) bond motifs is 1. The van der Waals surface area contributed by atoms with Crippen LogP contribution in [0.3, 0.4) is 0 Å². The van der Waals surface area contributed by atoms with Crippen LogP contribution in [0.4, 0.5) is 0 Å². The van der Waals surface area contributed by atoms with E-state index >= 15 is 0 Å². The average Bonchev–Trinajstić information content (AvgIpc) is 2.99. The van der Waals surface area contributed by atoms with Crippen molar-refractivity contribution in [3.63, 3.8) is 0 Å². The van der Waals surface area contributed by atoms with Crippen LogP contribution in [0, 0.1) is 11.7 Å². The van der Waals surface area contributed by atoms with Crippen LogP contribution in [-0.4, -0.2) is 29.1 Å². The Morgan fingerprint density at radius 1 is 1.29 bits per heavy atom. The molecule has 0 bridgehead atoms. The summed E-state index contributed by atoms with van der Waals surface area (Å²) in [6.45, 7) is 4.89. The van der Waals surface area contributed by atoms with Gasteiger partial charge in [-0.3, -0.25) is 13.9 Å². The van der Waals surface area contributed by atoms with Gasteiger partial charge in [-0.1, -0.05) is 13.3 Å². The van der Waals surface area contributed by atoms with Crippen LogP contribution in [0.5, 0.6) is 0 Å². The molecule has 0 aliphatic heterocycles. The average molecular weight is 304 g/mol. The second-order valence-electron chi connectivity index (χ2n) is 5.45. The molecule has 0 spiro atoms. The standard InChI is InChI=1S/C14H20N6S/c1-5-6-11-12-13(19(4)17-11)20(14(21)15-12)8-10-7-18(3)16-9(10)2/h7H,5-6,8H2,1-4H3,(H,15,21). The molecule has 0 aliphatic rings. The van der Waals surface area contributed by atoms with Gasteiger partial charge in [0.05, 0.1) is 17.9 Å². The smallest absolute Gasteiger partial charge is 0.179 e. The van der Waals surface area contributed by atoms with E-state index in [-0.39, 0.29) is 0 Å². The molecule has 7 heteroatoms. The molecule has 112 valence electrons. The SMILES string of the molecule is CCCc1nn(C)c2c1[nH]c(=S)n2Cc1cn(C)nc1C. The lowest BCUT2D eigenvalue weighted by Crippen LogP contribution is -2.04. The van der Waals surface area contributed by atoms with Crippen molar-refractivity contribution in [1.82, 2.24) is 29.1 Å². The first kappa shape index (κ1) is 14.1. The zero-order valence-electron chi connectivity index (χ0n) is 12.8. The lowest BCUT2D eigenvalue weighted by molar-refractivity contribution is 0.701. The second-order valence-corrected chi connectivity index (χ2v) is 5.84. The molecule has 0 amide bonds. The predicted molar refractivity (Wildman–Crippen MR) is 84.9 cm³/mol. The van der Waals surface area contributed by atoms with Gasteiger partial charge in [-0.2, -0.15) is 10.2 Å². The van der Waals surface area contributed by atoms with Gasteiger partial charge < -0.3 is 4.98 Å². The molecule has 0 fully saturated rings. The topological polar surface area (TPSA) is 56.4 Å². The first-order valence-corrected chi connectivity index (χ1v) is 7.55. The largest absolute Gasteiger partial charge is 0.328 e. The maximum absolute atomic E-state index is 5.50. The van der Waals surface area contributed by atoms with Crippen LogP contribution < -0.4 is 0 Å². The van der Waals surface area contributed by atoms with Crippen LogP contribution in [0.25, 0.3) is 11.2 Å². The van der Waals surface area contributed by atoms with E-state index in [0.29, 0.717) is 6.54 Å². The molecule has 0 saturated carbocycles. The van der Waals surface area contributed by atoms with E-state index in [1.807, 2.05) is 36.6 Å². The van der Waals surface area contributed by atoms with Crippen molar-refractivity contribution in [3.8, 4) is 0 Å². The monoisotopic (exact) mass is 304 g/mol. The molecule has 6 nitrogen and oxygen atoms in total. The fourth-order valence-corrected chi connectivity index (χ4v) is 3.06. The summed E-state index contributed by atoms with van der Waals surface area (Å²) in [5, 5.41) is 9.00. The first-order chi connectivity index (χ1) is 10.0. The Morgan fingerprint density at radius 2 is 2.05 bits per heavy atom. The van der Waals surface area contributed by atoms with Gasteiger partial charge in [-0.25, -0.2) is 0 Å². The van der Waals surface area contributed by atoms with Crippen LogP contribution >= 0.6 is 12.2 Å². The fraction of sp³-hybridized carbons (Fsp3) is 0.500. The van der Waals surface area contributed by atoms with Gasteiger partial charge in [0.25, 0.3) is 0 Å². The number of hydrogen-bond acceptors (Lipinski definition) is 3. The van der Waals surface area contributed by atoms with Crippen molar-refractivity contribution in [2.45, 2.75) is 33.2 Å². The minimum Gasteiger partial charge on any atom is -0.328 e. The summed E-state index contributed by atoms with van der Waals surface area (Å²) in [7, 11) is 3.91. The van der Waals surface area contributed by atoms with Gasteiger partial charge in [0.1, 0.15) is 5.52 Å². The van der Waals surface area contributed by atoms with Crippen LogP contribution in [0.15, 0.2) is 6.20 Å². The number of nitrogens with one attached hydrogen (secondary N) is 1. The van der Waals surface area contributed by atoms with Crippen molar-refractivity contribution in [2.24, 2.45) is 14.1 Å². The van der Waals surface area contributed by atoms with Crippen molar-refractivity contribution in [1.29, 1.82) is 0 Å². The van der Waals surface area contributed by atoms with Gasteiger partial charge in [0.15, 0.2) is 10.4 Å². The minimum absolute atomic E-state index is 0.712. The zero-order valence-corrected chi connectivity index (χ0v) is 13.7. The molecule has 0 aliphatic carbocycles. The lowest BCUT2D eigenvalue weighted by atomic mass is 10.2. The quantitative estimate of drug-likeness (QED) is 0.753. The number of aromatic nitrogens is 6. The number of H-pyrrole nitrogens is 1. The first-order valence-electron chi connectivity index (χ1n) is 7.14. The number of imidazole rings is 1. The third-order valence-electron chi connectivity index (χ3n) is 3.75. The minimum atomic E-state index is 0.712. The van der Waals surface area contributed by atoms with Crippen molar-refractivity contribution >= 4 is 23.4 Å². The van der Waals surface area contributed by atoms with Crippen molar-refractivity contribution < 1.29 is 0 Å². The molecular formula is C14H20N6S. The van der Waals surface area contributed by atoms with Gasteiger partial charge >= 0.3 is 0 Å². The number of aryl methyl sites for hydroxylation is 4. The Bertz CT molecular complexity index is 847. The van der Waals surface area contributed by atoms with E-state index in [1.165, 1.54) is 5.56 Å². The fourth-order valence-electron chi connectivity index (χ4n) is 2.81. The summed E-state index contributed by atoms with van der Waals surface area (Å²) in [5.74, 6) is 0. The van der Waals surface area contributed by atoms with Gasteiger partial charge in [0, 0.05) is 25.9 Å². The summed E-state index contributed by atoms with van der Waals surface area (Å²) < 4.78 is 6.59. The molecule has 0 aromatic carbocycles. The highest BCUT2D eigenvalue weighted by Gasteiger charge is 2.16. The Hall–Kier alpha value is -1.89. The molecule has 0 saturated heterocycles. The molecule has 3 aromatic rings. The molecular weight excluding hydrogens is 284 g/mol. The van der Waals surface area contributed by atoms with Gasteiger partial charge in [0.2, 0.25) is 0 Å². The van der Waals surface area contributed by atoms with Crippen LogP contribution in [0.2, 0.25) is 0 Å².